The molecule has 0 aliphatic carbocycles. The van der Waals surface area contributed by atoms with Gasteiger partial charge in [0, 0.05) is 5.39 Å². The maximum Gasteiger partial charge on any atom is 0.338 e. The highest BCUT2D eigenvalue weighted by Gasteiger charge is 2.40. The van der Waals surface area contributed by atoms with Gasteiger partial charge in [-0.3, -0.25) is 19.8 Å². The molecule has 0 saturated carbocycles. The lowest BCUT2D eigenvalue weighted by molar-refractivity contribution is 0.0472. The summed E-state index contributed by atoms with van der Waals surface area (Å²) < 4.78 is 5.36. The summed E-state index contributed by atoms with van der Waals surface area (Å²) in [7, 11) is 2.14. The molecule has 2 amide bonds. The van der Waals surface area contributed by atoms with Gasteiger partial charge in [0.25, 0.3) is 11.8 Å². The smallest absolute Gasteiger partial charge is 0.338 e. The summed E-state index contributed by atoms with van der Waals surface area (Å²) in [5.74, 6) is -1.40. The predicted molar refractivity (Wildman–Crippen MR) is 134 cm³/mol. The molecule has 1 aliphatic rings. The van der Waals surface area contributed by atoms with Crippen LogP contribution in [0.15, 0.2) is 72.8 Å². The fourth-order valence-corrected chi connectivity index (χ4v) is 4.26. The predicted octanol–water partition coefficient (Wildman–Crippen LogP) is 4.69. The number of nitrogens with zero attached hydrogens (tertiary/aromatic N) is 3. The van der Waals surface area contributed by atoms with E-state index in [2.05, 4.69) is 14.4 Å². The summed E-state index contributed by atoms with van der Waals surface area (Å²) in [6, 6.07) is 20.2. The first-order valence-corrected chi connectivity index (χ1v) is 11.2. The van der Waals surface area contributed by atoms with Gasteiger partial charge in [-0.15, -0.1) is 0 Å². The van der Waals surface area contributed by atoms with Crippen molar-refractivity contribution in [1.29, 1.82) is 0 Å². The second kappa shape index (κ2) is 8.91. The third kappa shape index (κ3) is 4.03. The number of rotatable bonds is 5. The largest absolute Gasteiger partial charge is 0.457 e. The Kier molecular flexibility index (Phi) is 5.76. The lowest BCUT2D eigenvalue weighted by Crippen LogP contribution is -2.29. The third-order valence-electron chi connectivity index (χ3n) is 5.84. The number of esters is 1. The van der Waals surface area contributed by atoms with E-state index in [4.69, 9.17) is 4.74 Å². The number of hydrogen-bond donors (Lipinski definition) is 1. The summed E-state index contributed by atoms with van der Waals surface area (Å²) in [6.07, 6.45) is 0. The number of aromatic nitrogens is 1. The molecule has 0 bridgehead atoms. The van der Waals surface area contributed by atoms with E-state index in [0.29, 0.717) is 39.1 Å². The standard InChI is InChI=1S/C26H20N3O5P/c1-15-22-23(20-4-2-3-5-21(20)27-15)25(31)28(24(22)30)18-12-8-17(9-13-18)26(32)34-14-16-6-10-19(11-7-16)29(33)35/h2-13,33H,14,35H2,1H3. The number of hydrogen-bond acceptors (Lipinski definition) is 7. The molecular formula is C26H20N3O5P. The Morgan fingerprint density at radius 2 is 1.63 bits per heavy atom. The number of imide groups is 1. The van der Waals surface area contributed by atoms with Crippen molar-refractivity contribution in [3.8, 4) is 0 Å². The molecule has 1 aliphatic heterocycles. The zero-order valence-electron chi connectivity index (χ0n) is 18.6. The number of ether oxygens (including phenoxy) is 1. The van der Waals surface area contributed by atoms with Crippen LogP contribution >= 0.6 is 9.39 Å². The molecule has 174 valence electrons. The van der Waals surface area contributed by atoms with E-state index in [1.54, 1.807) is 55.5 Å². The lowest BCUT2D eigenvalue weighted by Gasteiger charge is -2.14. The van der Waals surface area contributed by atoms with Crippen LogP contribution in [0.4, 0.5) is 11.4 Å². The van der Waals surface area contributed by atoms with Crippen molar-refractivity contribution < 1.29 is 24.3 Å². The van der Waals surface area contributed by atoms with Gasteiger partial charge in [-0.2, -0.15) is 0 Å². The van der Waals surface area contributed by atoms with Crippen LogP contribution in [-0.2, 0) is 11.3 Å². The van der Waals surface area contributed by atoms with Crippen molar-refractivity contribution in [1.82, 2.24) is 4.98 Å². The first-order valence-electron chi connectivity index (χ1n) is 10.7. The summed E-state index contributed by atoms with van der Waals surface area (Å²) in [5, 5.41) is 10.0. The minimum Gasteiger partial charge on any atom is -0.457 e. The summed E-state index contributed by atoms with van der Waals surface area (Å²) >= 11 is 0. The van der Waals surface area contributed by atoms with E-state index >= 15 is 0 Å². The highest BCUT2D eigenvalue weighted by molar-refractivity contribution is 7.18. The first-order chi connectivity index (χ1) is 16.8. The monoisotopic (exact) mass is 485 g/mol. The van der Waals surface area contributed by atoms with Gasteiger partial charge in [0.05, 0.1) is 39.3 Å². The fraction of sp³-hybridized carbons (Fsp3) is 0.0769. The van der Waals surface area contributed by atoms with Gasteiger partial charge in [0.2, 0.25) is 0 Å². The lowest BCUT2D eigenvalue weighted by atomic mass is 10.0. The van der Waals surface area contributed by atoms with Crippen molar-refractivity contribution >= 4 is 49.5 Å². The average Bonchev–Trinajstić information content (AvgIpc) is 3.13. The molecule has 5 rings (SSSR count). The van der Waals surface area contributed by atoms with Crippen LogP contribution in [0, 0.1) is 6.92 Å². The molecule has 1 atom stereocenters. The van der Waals surface area contributed by atoms with Gasteiger partial charge in [-0.25, -0.2) is 14.5 Å². The van der Waals surface area contributed by atoms with Crippen molar-refractivity contribution in [2.75, 3.05) is 9.73 Å². The van der Waals surface area contributed by atoms with E-state index in [1.807, 2.05) is 12.1 Å². The molecule has 4 aromatic rings. The Hall–Kier alpha value is -4.13. The fourth-order valence-electron chi connectivity index (χ4n) is 4.09. The molecule has 2 heterocycles. The molecule has 0 saturated heterocycles. The number of carbonyl (C=O) groups is 3. The topological polar surface area (TPSA) is 100 Å². The van der Waals surface area contributed by atoms with Crippen LogP contribution in [0.5, 0.6) is 0 Å². The van der Waals surface area contributed by atoms with E-state index in [1.165, 1.54) is 12.1 Å². The Balaban J connectivity index is 1.34. The van der Waals surface area contributed by atoms with Crippen molar-refractivity contribution in [3.63, 3.8) is 0 Å². The Morgan fingerprint density at radius 3 is 2.31 bits per heavy atom. The second-order valence-corrected chi connectivity index (χ2v) is 8.53. The van der Waals surface area contributed by atoms with Crippen molar-refractivity contribution in [2.45, 2.75) is 13.5 Å². The summed E-state index contributed by atoms with van der Waals surface area (Å²) in [4.78, 5) is 45.4. The molecule has 1 aromatic heterocycles. The molecule has 0 fully saturated rings. The van der Waals surface area contributed by atoms with E-state index in [0.717, 1.165) is 15.3 Å². The highest BCUT2D eigenvalue weighted by Crippen LogP contribution is 2.34. The van der Waals surface area contributed by atoms with Crippen LogP contribution in [0.2, 0.25) is 0 Å². The zero-order valence-corrected chi connectivity index (χ0v) is 19.8. The number of para-hydroxylation sites is 1. The van der Waals surface area contributed by atoms with Gasteiger partial charge >= 0.3 is 5.97 Å². The van der Waals surface area contributed by atoms with Gasteiger partial charge in [0.1, 0.15) is 6.61 Å². The summed E-state index contributed by atoms with van der Waals surface area (Å²) in [6.45, 7) is 1.77. The van der Waals surface area contributed by atoms with Crippen molar-refractivity contribution in [3.05, 3.63) is 101 Å². The third-order valence-corrected chi connectivity index (χ3v) is 6.14. The zero-order chi connectivity index (χ0) is 24.7. The van der Waals surface area contributed by atoms with Gasteiger partial charge in [0.15, 0.2) is 0 Å². The Labute approximate surface area is 203 Å². The normalized spacial score (nSPS) is 12.7. The number of benzene rings is 3. The molecule has 8 nitrogen and oxygen atoms in total. The molecule has 0 spiro atoms. The molecule has 1 N–H and O–H groups in total. The van der Waals surface area contributed by atoms with Crippen LogP contribution < -0.4 is 9.73 Å². The van der Waals surface area contributed by atoms with Crippen LogP contribution in [0.25, 0.3) is 10.9 Å². The van der Waals surface area contributed by atoms with Crippen LogP contribution in [0.3, 0.4) is 0 Å². The number of amides is 2. The average molecular weight is 485 g/mol. The van der Waals surface area contributed by atoms with Gasteiger partial charge < -0.3 is 4.74 Å². The van der Waals surface area contributed by atoms with Gasteiger partial charge in [-0.1, -0.05) is 30.3 Å². The number of carbonyl (C=O) groups excluding carboxylic acids is 3. The first kappa shape index (κ1) is 22.7. The van der Waals surface area contributed by atoms with Crippen LogP contribution in [-0.4, -0.2) is 28.0 Å². The Morgan fingerprint density at radius 1 is 0.971 bits per heavy atom. The van der Waals surface area contributed by atoms with Gasteiger partial charge in [-0.05, 0) is 64.3 Å². The number of pyridine rings is 1. The number of anilines is 2. The maximum atomic E-state index is 13.3. The van der Waals surface area contributed by atoms with Crippen LogP contribution in [0.1, 0.15) is 42.3 Å². The molecule has 0 radical (unpaired) electrons. The number of aryl methyl sites for hydroxylation is 1. The minimum absolute atomic E-state index is 0.0565. The van der Waals surface area contributed by atoms with E-state index in [9.17, 15) is 19.6 Å². The molecule has 9 heteroatoms. The Bertz CT molecular complexity index is 1480. The second-order valence-electron chi connectivity index (χ2n) is 8.04. The summed E-state index contributed by atoms with van der Waals surface area (Å²) in [5.41, 5.74) is 3.78. The molecule has 3 aromatic carbocycles. The molecule has 1 unspecified atom stereocenters. The molecule has 35 heavy (non-hydrogen) atoms. The number of fused-ring (bicyclic) bond motifs is 3. The SMILES string of the molecule is Cc1nc2ccccc2c2c1C(=O)N(c1ccc(C(=O)OCc3ccc(N(O)P)cc3)cc1)C2=O. The molecular weight excluding hydrogens is 465 g/mol. The maximum absolute atomic E-state index is 13.3. The van der Waals surface area contributed by atoms with Crippen molar-refractivity contribution in [2.24, 2.45) is 0 Å². The quantitative estimate of drug-likeness (QED) is 0.190. The van der Waals surface area contributed by atoms with E-state index in [-0.39, 0.29) is 12.2 Å². The minimum atomic E-state index is -0.538. The van der Waals surface area contributed by atoms with E-state index < -0.39 is 17.8 Å². The highest BCUT2D eigenvalue weighted by atomic mass is 31.0.